The molecule has 0 spiro atoms. The Balaban J connectivity index is 2.52. The lowest BCUT2D eigenvalue weighted by Crippen LogP contribution is -1.97. The fraction of sp³-hybridized carbons (Fsp3) is 0.250. The number of ether oxygens (including phenoxy) is 1. The molecule has 4 nitrogen and oxygen atoms in total. The van der Waals surface area contributed by atoms with Crippen LogP contribution in [0.25, 0.3) is 5.69 Å². The minimum absolute atomic E-state index is 0.116. The Morgan fingerprint density at radius 3 is 2.82 bits per heavy atom. The molecule has 0 fully saturated rings. The van der Waals surface area contributed by atoms with Gasteiger partial charge in [0.25, 0.3) is 0 Å². The number of hydrogen-bond donors (Lipinski definition) is 1. The first-order valence-electron chi connectivity index (χ1n) is 5.16. The van der Waals surface area contributed by atoms with Gasteiger partial charge in [-0.25, -0.2) is 4.68 Å². The number of aromatic nitrogens is 2. The van der Waals surface area contributed by atoms with Crippen molar-refractivity contribution < 1.29 is 9.84 Å². The number of aliphatic hydroxyl groups excluding tert-OH is 1. The summed E-state index contributed by atoms with van der Waals surface area (Å²) in [7, 11) is 1.61. The van der Waals surface area contributed by atoms with E-state index in [0.29, 0.717) is 10.7 Å². The van der Waals surface area contributed by atoms with Gasteiger partial charge in [-0.1, -0.05) is 17.7 Å². The van der Waals surface area contributed by atoms with Crippen LogP contribution in [0.1, 0.15) is 11.3 Å². The first kappa shape index (κ1) is 12.0. The number of aryl methyl sites for hydroxylation is 1. The van der Waals surface area contributed by atoms with Crippen LogP contribution in [0, 0.1) is 6.92 Å². The van der Waals surface area contributed by atoms with E-state index in [4.69, 9.17) is 16.3 Å². The van der Waals surface area contributed by atoms with Gasteiger partial charge in [0.15, 0.2) is 0 Å². The lowest BCUT2D eigenvalue weighted by atomic mass is 10.3. The Hall–Kier alpha value is -1.52. The van der Waals surface area contributed by atoms with Crippen LogP contribution in [0.4, 0.5) is 0 Å². The lowest BCUT2D eigenvalue weighted by molar-refractivity contribution is 0.281. The topological polar surface area (TPSA) is 47.3 Å². The summed E-state index contributed by atoms with van der Waals surface area (Å²) in [5.41, 5.74) is 2.17. The van der Waals surface area contributed by atoms with Crippen LogP contribution in [0.3, 0.4) is 0 Å². The number of nitrogens with zero attached hydrogens (tertiary/aromatic N) is 2. The third-order valence-corrected chi connectivity index (χ3v) is 2.97. The summed E-state index contributed by atoms with van der Waals surface area (Å²) in [6.07, 6.45) is 0. The first-order chi connectivity index (χ1) is 8.17. The Morgan fingerprint density at radius 2 is 2.24 bits per heavy atom. The van der Waals surface area contributed by atoms with Gasteiger partial charge in [0.1, 0.15) is 10.9 Å². The molecule has 17 heavy (non-hydrogen) atoms. The van der Waals surface area contributed by atoms with Crippen molar-refractivity contribution in [2.45, 2.75) is 13.5 Å². The zero-order valence-corrected chi connectivity index (χ0v) is 10.4. The second kappa shape index (κ2) is 4.77. The SMILES string of the molecule is COc1cccc(-n2nc(C)c(CO)c2Cl)c1. The van der Waals surface area contributed by atoms with Gasteiger partial charge in [-0.15, -0.1) is 0 Å². The van der Waals surface area contributed by atoms with E-state index in [-0.39, 0.29) is 6.61 Å². The molecule has 0 saturated heterocycles. The molecule has 1 aromatic carbocycles. The fourth-order valence-corrected chi connectivity index (χ4v) is 1.96. The average Bonchev–Trinajstić information content (AvgIpc) is 2.64. The Kier molecular flexibility index (Phi) is 3.36. The van der Waals surface area contributed by atoms with Crippen LogP contribution in [-0.2, 0) is 6.61 Å². The zero-order valence-electron chi connectivity index (χ0n) is 9.64. The van der Waals surface area contributed by atoms with E-state index in [9.17, 15) is 5.11 Å². The number of rotatable bonds is 3. The third kappa shape index (κ3) is 2.14. The Labute approximate surface area is 104 Å². The minimum atomic E-state index is -0.116. The highest BCUT2D eigenvalue weighted by molar-refractivity contribution is 6.30. The molecule has 0 unspecified atom stereocenters. The van der Waals surface area contributed by atoms with Crippen LogP contribution in [-0.4, -0.2) is 22.0 Å². The van der Waals surface area contributed by atoms with Gasteiger partial charge in [0, 0.05) is 11.6 Å². The zero-order chi connectivity index (χ0) is 12.4. The van der Waals surface area contributed by atoms with Crippen molar-refractivity contribution in [1.29, 1.82) is 0 Å². The predicted octanol–water partition coefficient (Wildman–Crippen LogP) is 2.34. The Morgan fingerprint density at radius 1 is 1.47 bits per heavy atom. The van der Waals surface area contributed by atoms with E-state index in [1.807, 2.05) is 31.2 Å². The van der Waals surface area contributed by atoms with Crippen molar-refractivity contribution in [3.63, 3.8) is 0 Å². The van der Waals surface area contributed by atoms with Crippen molar-refractivity contribution in [2.24, 2.45) is 0 Å². The Bertz CT molecular complexity index is 537. The predicted molar refractivity (Wildman–Crippen MR) is 65.8 cm³/mol. The van der Waals surface area contributed by atoms with E-state index in [2.05, 4.69) is 5.10 Å². The molecule has 0 aliphatic carbocycles. The molecule has 2 rings (SSSR count). The van der Waals surface area contributed by atoms with E-state index < -0.39 is 0 Å². The fourth-order valence-electron chi connectivity index (χ4n) is 1.62. The van der Waals surface area contributed by atoms with Gasteiger partial charge in [-0.2, -0.15) is 5.10 Å². The summed E-state index contributed by atoms with van der Waals surface area (Å²) in [6.45, 7) is 1.70. The molecule has 0 amide bonds. The molecule has 1 aromatic heterocycles. The highest BCUT2D eigenvalue weighted by Gasteiger charge is 2.13. The van der Waals surface area contributed by atoms with E-state index in [0.717, 1.165) is 17.1 Å². The summed E-state index contributed by atoms with van der Waals surface area (Å²) in [5.74, 6) is 0.734. The molecule has 2 aromatic rings. The largest absolute Gasteiger partial charge is 0.497 e. The van der Waals surface area contributed by atoms with Gasteiger partial charge >= 0.3 is 0 Å². The standard InChI is InChI=1S/C12H13ClN2O2/c1-8-11(7-16)12(13)15(14-8)9-4-3-5-10(6-9)17-2/h3-6,16H,7H2,1-2H3. The molecule has 5 heteroatoms. The number of aliphatic hydroxyl groups is 1. The van der Waals surface area contributed by atoms with E-state index >= 15 is 0 Å². The highest BCUT2D eigenvalue weighted by atomic mass is 35.5. The number of methoxy groups -OCH3 is 1. The maximum atomic E-state index is 9.20. The second-order valence-corrected chi connectivity index (χ2v) is 3.98. The summed E-state index contributed by atoms with van der Waals surface area (Å²) in [6, 6.07) is 7.42. The first-order valence-corrected chi connectivity index (χ1v) is 5.54. The van der Waals surface area contributed by atoms with Crippen molar-refractivity contribution >= 4 is 11.6 Å². The summed E-state index contributed by atoms with van der Waals surface area (Å²) in [5, 5.41) is 13.9. The molecular weight excluding hydrogens is 240 g/mol. The molecule has 0 bridgehead atoms. The van der Waals surface area contributed by atoms with Crippen LogP contribution in [0.15, 0.2) is 24.3 Å². The van der Waals surface area contributed by atoms with Gasteiger partial charge in [0.05, 0.1) is 25.1 Å². The maximum Gasteiger partial charge on any atom is 0.138 e. The van der Waals surface area contributed by atoms with Gasteiger partial charge in [0.2, 0.25) is 0 Å². The molecular formula is C12H13ClN2O2. The van der Waals surface area contributed by atoms with Gasteiger partial charge in [-0.05, 0) is 19.1 Å². The summed E-state index contributed by atoms with van der Waals surface area (Å²) >= 11 is 6.16. The van der Waals surface area contributed by atoms with Crippen molar-refractivity contribution in [3.8, 4) is 11.4 Å². The lowest BCUT2D eigenvalue weighted by Gasteiger charge is -2.05. The molecule has 0 atom stereocenters. The molecule has 0 aliphatic rings. The molecule has 90 valence electrons. The number of halogens is 1. The number of hydrogen-bond acceptors (Lipinski definition) is 3. The summed E-state index contributed by atoms with van der Waals surface area (Å²) < 4.78 is 6.73. The monoisotopic (exact) mass is 252 g/mol. The van der Waals surface area contributed by atoms with Crippen LogP contribution >= 0.6 is 11.6 Å². The second-order valence-electron chi connectivity index (χ2n) is 3.63. The average molecular weight is 253 g/mol. The minimum Gasteiger partial charge on any atom is -0.497 e. The van der Waals surface area contributed by atoms with E-state index in [1.165, 1.54) is 0 Å². The van der Waals surface area contributed by atoms with Crippen LogP contribution in [0.2, 0.25) is 5.15 Å². The molecule has 1 N–H and O–H groups in total. The number of benzene rings is 1. The smallest absolute Gasteiger partial charge is 0.138 e. The molecule has 0 radical (unpaired) electrons. The molecule has 0 saturated carbocycles. The highest BCUT2D eigenvalue weighted by Crippen LogP contribution is 2.25. The van der Waals surface area contributed by atoms with Gasteiger partial charge < -0.3 is 9.84 Å². The normalized spacial score (nSPS) is 10.6. The van der Waals surface area contributed by atoms with Crippen LogP contribution in [0.5, 0.6) is 5.75 Å². The molecule has 0 aliphatic heterocycles. The quantitative estimate of drug-likeness (QED) is 0.912. The van der Waals surface area contributed by atoms with Crippen molar-refractivity contribution in [1.82, 2.24) is 9.78 Å². The van der Waals surface area contributed by atoms with Crippen molar-refractivity contribution in [3.05, 3.63) is 40.7 Å². The van der Waals surface area contributed by atoms with E-state index in [1.54, 1.807) is 11.8 Å². The molecule has 1 heterocycles. The van der Waals surface area contributed by atoms with Crippen LogP contribution < -0.4 is 4.74 Å². The summed E-state index contributed by atoms with van der Waals surface area (Å²) in [4.78, 5) is 0. The maximum absolute atomic E-state index is 9.20. The van der Waals surface area contributed by atoms with Gasteiger partial charge in [-0.3, -0.25) is 0 Å². The van der Waals surface area contributed by atoms with Crippen molar-refractivity contribution in [2.75, 3.05) is 7.11 Å². The third-order valence-electron chi connectivity index (χ3n) is 2.58.